The van der Waals surface area contributed by atoms with Gasteiger partial charge in [0.15, 0.2) is 0 Å². The molecular formula is C11H16N4O. The normalized spacial score (nSPS) is 11.9. The molecule has 0 aromatic carbocycles. The number of carbonyl (C=O) groups is 1. The molecule has 1 rings (SSSR count). The minimum atomic E-state index is -0.419. The topological polar surface area (TPSA) is 70.7 Å². The van der Waals surface area contributed by atoms with E-state index in [1.54, 1.807) is 24.9 Å². The van der Waals surface area contributed by atoms with E-state index in [2.05, 4.69) is 16.5 Å². The first-order chi connectivity index (χ1) is 7.58. The number of carbonyl (C=O) groups excluding carboxylic acids is 1. The lowest BCUT2D eigenvalue weighted by atomic mass is 10.1. The Morgan fingerprint density at radius 2 is 2.44 bits per heavy atom. The van der Waals surface area contributed by atoms with Crippen LogP contribution >= 0.6 is 0 Å². The van der Waals surface area contributed by atoms with Gasteiger partial charge >= 0.3 is 0 Å². The van der Waals surface area contributed by atoms with E-state index in [4.69, 9.17) is 5.26 Å². The summed E-state index contributed by atoms with van der Waals surface area (Å²) in [4.78, 5) is 11.8. The lowest BCUT2D eigenvalue weighted by Gasteiger charge is -2.09. The standard InChI is InChI=1S/C11H16N4O/c1-4-5-9(6-12)13-11(16)10-7-15(3)14-8(10)2/h7,9H,4-5H2,1-3H3,(H,13,16). The minimum Gasteiger partial charge on any atom is -0.336 e. The Bertz CT molecular complexity index is 416. The van der Waals surface area contributed by atoms with Gasteiger partial charge in [-0.15, -0.1) is 0 Å². The molecule has 1 aromatic heterocycles. The van der Waals surface area contributed by atoms with Crippen LogP contribution in [0, 0.1) is 18.3 Å². The Hall–Kier alpha value is -1.83. The van der Waals surface area contributed by atoms with Gasteiger partial charge in [0, 0.05) is 13.2 Å². The van der Waals surface area contributed by atoms with Crippen LogP contribution < -0.4 is 5.32 Å². The Labute approximate surface area is 95.1 Å². The first-order valence-electron chi connectivity index (χ1n) is 5.29. The second-order valence-corrected chi connectivity index (χ2v) is 3.75. The van der Waals surface area contributed by atoms with Gasteiger partial charge in [0.05, 0.1) is 17.3 Å². The van der Waals surface area contributed by atoms with Gasteiger partial charge in [0.1, 0.15) is 6.04 Å². The van der Waals surface area contributed by atoms with Crippen LogP contribution in [-0.2, 0) is 7.05 Å². The fraction of sp³-hybridized carbons (Fsp3) is 0.545. The molecule has 1 unspecified atom stereocenters. The predicted molar refractivity (Wildman–Crippen MR) is 59.7 cm³/mol. The Kier molecular flexibility index (Phi) is 4.06. The molecular weight excluding hydrogens is 204 g/mol. The van der Waals surface area contributed by atoms with E-state index < -0.39 is 6.04 Å². The van der Waals surface area contributed by atoms with Crippen LogP contribution in [0.25, 0.3) is 0 Å². The van der Waals surface area contributed by atoms with Crippen LogP contribution in [0.5, 0.6) is 0 Å². The summed E-state index contributed by atoms with van der Waals surface area (Å²) in [5.41, 5.74) is 1.20. The molecule has 1 N–H and O–H groups in total. The fourth-order valence-electron chi connectivity index (χ4n) is 1.52. The average Bonchev–Trinajstić information content (AvgIpc) is 2.57. The number of nitriles is 1. The molecule has 5 heteroatoms. The Morgan fingerprint density at radius 1 is 1.75 bits per heavy atom. The molecule has 1 atom stereocenters. The maximum Gasteiger partial charge on any atom is 0.255 e. The predicted octanol–water partition coefficient (Wildman–Crippen LogP) is 1.15. The molecule has 1 aromatic rings. The van der Waals surface area contributed by atoms with Gasteiger partial charge in [-0.2, -0.15) is 10.4 Å². The molecule has 0 saturated heterocycles. The summed E-state index contributed by atoms with van der Waals surface area (Å²) in [5.74, 6) is -0.231. The molecule has 0 aliphatic carbocycles. The average molecular weight is 220 g/mol. The first kappa shape index (κ1) is 12.2. The summed E-state index contributed by atoms with van der Waals surface area (Å²) in [7, 11) is 1.76. The van der Waals surface area contributed by atoms with Crippen molar-refractivity contribution in [1.82, 2.24) is 15.1 Å². The summed E-state index contributed by atoms with van der Waals surface area (Å²) < 4.78 is 1.59. The smallest absolute Gasteiger partial charge is 0.255 e. The summed E-state index contributed by atoms with van der Waals surface area (Å²) in [6.45, 7) is 3.75. The Balaban J connectivity index is 2.72. The molecule has 0 aliphatic heterocycles. The lowest BCUT2D eigenvalue weighted by Crippen LogP contribution is -2.33. The molecule has 0 bridgehead atoms. The Morgan fingerprint density at radius 3 is 2.88 bits per heavy atom. The van der Waals surface area contributed by atoms with Crippen molar-refractivity contribution in [3.8, 4) is 6.07 Å². The third-order valence-corrected chi connectivity index (χ3v) is 2.30. The molecule has 0 saturated carbocycles. The van der Waals surface area contributed by atoms with Crippen molar-refractivity contribution < 1.29 is 4.79 Å². The quantitative estimate of drug-likeness (QED) is 0.827. The summed E-state index contributed by atoms with van der Waals surface area (Å²) >= 11 is 0. The highest BCUT2D eigenvalue weighted by Crippen LogP contribution is 2.05. The molecule has 0 spiro atoms. The summed E-state index contributed by atoms with van der Waals surface area (Å²) in [6, 6.07) is 1.65. The molecule has 0 radical (unpaired) electrons. The third kappa shape index (κ3) is 2.83. The van der Waals surface area contributed by atoms with Crippen molar-refractivity contribution in [1.29, 1.82) is 5.26 Å². The molecule has 86 valence electrons. The number of nitrogens with one attached hydrogen (secondary N) is 1. The van der Waals surface area contributed by atoms with Gasteiger partial charge in [0.2, 0.25) is 0 Å². The van der Waals surface area contributed by atoms with Crippen LogP contribution in [0.15, 0.2) is 6.20 Å². The van der Waals surface area contributed by atoms with E-state index in [1.165, 1.54) is 0 Å². The van der Waals surface area contributed by atoms with Crippen molar-refractivity contribution >= 4 is 5.91 Å². The number of hydrogen-bond donors (Lipinski definition) is 1. The van der Waals surface area contributed by atoms with Crippen molar-refractivity contribution in [3.05, 3.63) is 17.5 Å². The fourth-order valence-corrected chi connectivity index (χ4v) is 1.52. The van der Waals surface area contributed by atoms with Crippen molar-refractivity contribution in [2.75, 3.05) is 0 Å². The van der Waals surface area contributed by atoms with E-state index in [0.717, 1.165) is 6.42 Å². The zero-order chi connectivity index (χ0) is 12.1. The lowest BCUT2D eigenvalue weighted by molar-refractivity contribution is 0.0943. The van der Waals surface area contributed by atoms with Gasteiger partial charge in [-0.1, -0.05) is 13.3 Å². The first-order valence-corrected chi connectivity index (χ1v) is 5.29. The SMILES string of the molecule is CCCC(C#N)NC(=O)c1cn(C)nc1C. The van der Waals surface area contributed by atoms with Gasteiger partial charge in [0.25, 0.3) is 5.91 Å². The van der Waals surface area contributed by atoms with E-state index >= 15 is 0 Å². The molecule has 0 aliphatic rings. The third-order valence-electron chi connectivity index (χ3n) is 2.30. The molecule has 1 heterocycles. The van der Waals surface area contributed by atoms with Gasteiger partial charge < -0.3 is 5.32 Å². The maximum atomic E-state index is 11.8. The second kappa shape index (κ2) is 5.31. The highest BCUT2D eigenvalue weighted by atomic mass is 16.1. The highest BCUT2D eigenvalue weighted by molar-refractivity contribution is 5.95. The number of aryl methyl sites for hydroxylation is 2. The van der Waals surface area contributed by atoms with E-state index in [0.29, 0.717) is 17.7 Å². The maximum absolute atomic E-state index is 11.8. The van der Waals surface area contributed by atoms with Crippen molar-refractivity contribution in [2.45, 2.75) is 32.7 Å². The number of hydrogen-bond acceptors (Lipinski definition) is 3. The molecule has 0 fully saturated rings. The van der Waals surface area contributed by atoms with E-state index in [9.17, 15) is 4.79 Å². The van der Waals surface area contributed by atoms with Crippen LogP contribution in [0.3, 0.4) is 0 Å². The highest BCUT2D eigenvalue weighted by Gasteiger charge is 2.16. The van der Waals surface area contributed by atoms with Crippen LogP contribution in [-0.4, -0.2) is 21.7 Å². The molecule has 16 heavy (non-hydrogen) atoms. The zero-order valence-electron chi connectivity index (χ0n) is 9.82. The van der Waals surface area contributed by atoms with E-state index in [-0.39, 0.29) is 5.91 Å². The van der Waals surface area contributed by atoms with Crippen LogP contribution in [0.4, 0.5) is 0 Å². The monoisotopic (exact) mass is 220 g/mol. The van der Waals surface area contributed by atoms with Crippen molar-refractivity contribution in [3.63, 3.8) is 0 Å². The molecule has 1 amide bonds. The van der Waals surface area contributed by atoms with Gasteiger partial charge in [-0.25, -0.2) is 0 Å². The largest absolute Gasteiger partial charge is 0.336 e. The summed E-state index contributed by atoms with van der Waals surface area (Å²) in [6.07, 6.45) is 3.19. The van der Waals surface area contributed by atoms with E-state index in [1.807, 2.05) is 6.92 Å². The second-order valence-electron chi connectivity index (χ2n) is 3.75. The number of amides is 1. The van der Waals surface area contributed by atoms with Crippen LogP contribution in [0.1, 0.15) is 35.8 Å². The number of rotatable bonds is 4. The number of nitrogens with zero attached hydrogens (tertiary/aromatic N) is 3. The summed E-state index contributed by atoms with van der Waals surface area (Å²) in [5, 5.41) is 15.6. The van der Waals surface area contributed by atoms with Gasteiger partial charge in [-0.05, 0) is 13.3 Å². The van der Waals surface area contributed by atoms with Crippen molar-refractivity contribution in [2.24, 2.45) is 7.05 Å². The zero-order valence-corrected chi connectivity index (χ0v) is 9.82. The van der Waals surface area contributed by atoms with Crippen LogP contribution in [0.2, 0.25) is 0 Å². The minimum absolute atomic E-state index is 0.231. The number of aromatic nitrogens is 2. The van der Waals surface area contributed by atoms with Gasteiger partial charge in [-0.3, -0.25) is 9.48 Å². The molecule has 5 nitrogen and oxygen atoms in total.